The number of aromatic nitrogens is 2. The summed E-state index contributed by atoms with van der Waals surface area (Å²) in [6.07, 6.45) is 2.14. The van der Waals surface area contributed by atoms with Gasteiger partial charge in [0, 0.05) is 22.9 Å². The minimum absolute atomic E-state index is 0.0606. The van der Waals surface area contributed by atoms with Gasteiger partial charge >= 0.3 is 0 Å². The molecule has 0 spiro atoms. The molecule has 1 aliphatic carbocycles. The van der Waals surface area contributed by atoms with Crippen molar-refractivity contribution in [1.29, 1.82) is 0 Å². The third-order valence-corrected chi connectivity index (χ3v) is 8.30. The molecule has 2 aromatic rings. The lowest BCUT2D eigenvalue weighted by Crippen LogP contribution is -2.51. The SMILES string of the molecule is CCn1c(=O)/c(=C2\Sc3ccc(C(C)(C)C)cc3S2)c(=C2CC2)n(CC)c1=S. The van der Waals surface area contributed by atoms with E-state index < -0.39 is 0 Å². The summed E-state index contributed by atoms with van der Waals surface area (Å²) >= 11 is 9.14. The van der Waals surface area contributed by atoms with Crippen LogP contribution >= 0.6 is 35.7 Å². The van der Waals surface area contributed by atoms with Gasteiger partial charge in [-0.2, -0.15) is 0 Å². The minimum atomic E-state index is 0.0606. The first-order valence-corrected chi connectivity index (χ1v) is 11.9. The number of thioether (sulfide) groups is 2. The molecule has 4 rings (SSSR count). The Bertz CT molecular complexity index is 1210. The highest BCUT2D eigenvalue weighted by atomic mass is 32.2. The molecule has 1 aromatic carbocycles. The molecule has 2 heterocycles. The van der Waals surface area contributed by atoms with Gasteiger partial charge in [0.25, 0.3) is 5.56 Å². The van der Waals surface area contributed by atoms with E-state index in [1.54, 1.807) is 28.1 Å². The molecule has 1 fully saturated rings. The molecule has 1 aromatic heterocycles. The zero-order valence-corrected chi connectivity index (χ0v) is 19.5. The van der Waals surface area contributed by atoms with E-state index in [9.17, 15) is 4.79 Å². The Labute approximate surface area is 179 Å². The van der Waals surface area contributed by atoms with Gasteiger partial charge in [-0.25, -0.2) is 0 Å². The number of nitrogens with zero attached hydrogens (tertiary/aromatic N) is 2. The van der Waals surface area contributed by atoms with Crippen molar-refractivity contribution < 1.29 is 0 Å². The third kappa shape index (κ3) is 3.33. The van der Waals surface area contributed by atoms with E-state index in [1.165, 1.54) is 20.9 Å². The molecule has 2 aliphatic rings. The Morgan fingerprint density at radius 2 is 1.68 bits per heavy atom. The van der Waals surface area contributed by atoms with Crippen molar-refractivity contribution in [3.05, 3.63) is 49.5 Å². The van der Waals surface area contributed by atoms with Crippen LogP contribution < -0.4 is 16.1 Å². The fourth-order valence-electron chi connectivity index (χ4n) is 3.58. The quantitative estimate of drug-likeness (QED) is 0.650. The van der Waals surface area contributed by atoms with E-state index in [1.807, 2.05) is 6.92 Å². The third-order valence-electron chi connectivity index (χ3n) is 5.31. The smallest absolute Gasteiger partial charge is 0.263 e. The predicted molar refractivity (Wildman–Crippen MR) is 123 cm³/mol. The van der Waals surface area contributed by atoms with Crippen molar-refractivity contribution in [3.63, 3.8) is 0 Å². The summed E-state index contributed by atoms with van der Waals surface area (Å²) in [6.45, 7) is 12.2. The zero-order valence-electron chi connectivity index (χ0n) is 17.1. The maximum atomic E-state index is 13.4. The number of hydrogen-bond acceptors (Lipinski definition) is 4. The average molecular weight is 431 g/mol. The number of rotatable bonds is 2. The molecule has 6 heteroatoms. The lowest BCUT2D eigenvalue weighted by atomic mass is 9.87. The fourth-order valence-corrected chi connectivity index (χ4v) is 6.59. The second-order valence-corrected chi connectivity index (χ2v) is 11.0. The van der Waals surface area contributed by atoms with Crippen molar-refractivity contribution in [1.82, 2.24) is 9.13 Å². The summed E-state index contributed by atoms with van der Waals surface area (Å²) in [7, 11) is 0. The van der Waals surface area contributed by atoms with Crippen LogP contribution in [-0.2, 0) is 18.5 Å². The van der Waals surface area contributed by atoms with Gasteiger partial charge < -0.3 is 4.57 Å². The number of fused-ring (bicyclic) bond motifs is 1. The Morgan fingerprint density at radius 3 is 2.25 bits per heavy atom. The van der Waals surface area contributed by atoms with Crippen molar-refractivity contribution in [3.8, 4) is 0 Å². The molecule has 0 radical (unpaired) electrons. The molecule has 0 atom stereocenters. The van der Waals surface area contributed by atoms with E-state index in [0.717, 1.165) is 34.2 Å². The summed E-state index contributed by atoms with van der Waals surface area (Å²) in [5, 5.41) is 1.94. The molecule has 1 saturated carbocycles. The molecule has 3 nitrogen and oxygen atoms in total. The lowest BCUT2D eigenvalue weighted by molar-refractivity contribution is 0.588. The van der Waals surface area contributed by atoms with Crippen molar-refractivity contribution in [2.75, 3.05) is 0 Å². The predicted octanol–water partition coefficient (Wildman–Crippen LogP) is 4.62. The Balaban J connectivity index is 2.03. The van der Waals surface area contributed by atoms with Crippen LogP contribution in [0.3, 0.4) is 0 Å². The average Bonchev–Trinajstić information content (AvgIpc) is 3.39. The molecule has 1 aliphatic heterocycles. The van der Waals surface area contributed by atoms with Crippen LogP contribution in [0.4, 0.5) is 0 Å². The largest absolute Gasteiger partial charge is 0.318 e. The zero-order chi connectivity index (χ0) is 20.2. The molecular weight excluding hydrogens is 404 g/mol. The maximum absolute atomic E-state index is 13.4. The van der Waals surface area contributed by atoms with Gasteiger partial charge in [0.15, 0.2) is 4.77 Å². The first-order valence-electron chi connectivity index (χ1n) is 9.86. The molecule has 0 amide bonds. The maximum Gasteiger partial charge on any atom is 0.263 e. The number of hydrogen-bond donors (Lipinski definition) is 0. The fraction of sp³-hybridized carbons (Fsp3) is 0.455. The summed E-state index contributed by atoms with van der Waals surface area (Å²) in [5.41, 5.74) is 2.86. The Hall–Kier alpha value is -1.24. The van der Waals surface area contributed by atoms with Crippen LogP contribution in [0.25, 0.3) is 9.81 Å². The van der Waals surface area contributed by atoms with E-state index in [2.05, 4.69) is 50.5 Å². The highest BCUT2D eigenvalue weighted by Gasteiger charge is 2.25. The first-order chi connectivity index (χ1) is 13.3. The Kier molecular flexibility index (Phi) is 5.17. The molecule has 28 heavy (non-hydrogen) atoms. The second kappa shape index (κ2) is 7.22. The molecule has 0 unspecified atom stereocenters. The topological polar surface area (TPSA) is 26.9 Å². The molecular formula is C22H26N2OS3. The van der Waals surface area contributed by atoms with Gasteiger partial charge in [0.1, 0.15) is 0 Å². The first kappa shape index (κ1) is 20.0. The van der Waals surface area contributed by atoms with Crippen LogP contribution in [-0.4, -0.2) is 9.13 Å². The van der Waals surface area contributed by atoms with Gasteiger partial charge in [-0.1, -0.05) is 50.4 Å². The van der Waals surface area contributed by atoms with Crippen molar-refractivity contribution in [2.45, 2.75) is 75.8 Å². The van der Waals surface area contributed by atoms with Crippen molar-refractivity contribution in [2.24, 2.45) is 0 Å². The van der Waals surface area contributed by atoms with E-state index in [0.29, 0.717) is 11.3 Å². The van der Waals surface area contributed by atoms with E-state index >= 15 is 0 Å². The van der Waals surface area contributed by atoms with Crippen LogP contribution in [0.5, 0.6) is 0 Å². The summed E-state index contributed by atoms with van der Waals surface area (Å²) in [6, 6.07) is 6.71. The van der Waals surface area contributed by atoms with Gasteiger partial charge in [0.2, 0.25) is 0 Å². The van der Waals surface area contributed by atoms with E-state index in [4.69, 9.17) is 12.2 Å². The van der Waals surface area contributed by atoms with Crippen LogP contribution in [0.2, 0.25) is 0 Å². The van der Waals surface area contributed by atoms with E-state index in [-0.39, 0.29) is 11.0 Å². The lowest BCUT2D eigenvalue weighted by Gasteiger charge is -2.19. The number of benzene rings is 1. The van der Waals surface area contributed by atoms with Crippen molar-refractivity contribution >= 4 is 45.6 Å². The minimum Gasteiger partial charge on any atom is -0.318 e. The molecule has 148 valence electrons. The summed E-state index contributed by atoms with van der Waals surface area (Å²) in [4.78, 5) is 15.9. The van der Waals surface area contributed by atoms with Crippen LogP contribution in [0.15, 0.2) is 32.8 Å². The van der Waals surface area contributed by atoms with Gasteiger partial charge in [-0.15, -0.1) is 0 Å². The van der Waals surface area contributed by atoms with Gasteiger partial charge in [-0.3, -0.25) is 9.36 Å². The molecule has 0 bridgehead atoms. The van der Waals surface area contributed by atoms with Crippen LogP contribution in [0, 0.1) is 4.77 Å². The molecule has 0 saturated heterocycles. The Morgan fingerprint density at radius 1 is 1.04 bits per heavy atom. The van der Waals surface area contributed by atoms with Gasteiger partial charge in [0.05, 0.1) is 14.8 Å². The summed E-state index contributed by atoms with van der Waals surface area (Å²) < 4.78 is 5.66. The monoisotopic (exact) mass is 430 g/mol. The molecule has 0 N–H and O–H groups in total. The normalized spacial score (nSPS) is 17.8. The highest BCUT2D eigenvalue weighted by molar-refractivity contribution is 8.32. The highest BCUT2D eigenvalue weighted by Crippen LogP contribution is 2.52. The van der Waals surface area contributed by atoms with Gasteiger partial charge in [-0.05, 0) is 67.6 Å². The standard InChI is InChI=1S/C22H26N2OS3/c1-6-23-18(13-8-9-13)17(19(25)24(7-2)21(23)26)20-27-15-11-10-14(22(3,4)5)12-16(15)28-20/h10-12H,6-9H2,1-5H3/b20-17+. The summed E-state index contributed by atoms with van der Waals surface area (Å²) in [5.74, 6) is 0. The second-order valence-electron chi connectivity index (χ2n) is 8.31. The van der Waals surface area contributed by atoms with Crippen LogP contribution in [0.1, 0.15) is 53.0 Å².